The van der Waals surface area contributed by atoms with Crippen LogP contribution >= 0.6 is 11.8 Å². The van der Waals surface area contributed by atoms with E-state index in [1.165, 1.54) is 11.8 Å². The van der Waals surface area contributed by atoms with Crippen molar-refractivity contribution in [1.82, 2.24) is 0 Å². The summed E-state index contributed by atoms with van der Waals surface area (Å²) in [4.78, 5) is 12.4. The summed E-state index contributed by atoms with van der Waals surface area (Å²) in [5.74, 6) is 0.806. The summed E-state index contributed by atoms with van der Waals surface area (Å²) >= 11 is 1.50. The van der Waals surface area contributed by atoms with E-state index in [1.54, 1.807) is 0 Å². The molecule has 0 atom stereocenters. The highest BCUT2D eigenvalue weighted by molar-refractivity contribution is 8.00. The second kappa shape index (κ2) is 5.93. The molecule has 0 unspecified atom stereocenters. The third-order valence-corrected chi connectivity index (χ3v) is 3.29. The molecule has 0 aromatic heterocycles. The Labute approximate surface area is 94.7 Å². The molecule has 0 saturated carbocycles. The summed E-state index contributed by atoms with van der Waals surface area (Å²) in [5, 5.41) is 9.09. The van der Waals surface area contributed by atoms with Crippen LogP contribution in [0.2, 0.25) is 0 Å². The predicted octanol–water partition coefficient (Wildman–Crippen LogP) is 2.50. The minimum Gasteiger partial charge on any atom is -0.392 e. The number of ketones is 1. The van der Waals surface area contributed by atoms with Gasteiger partial charge >= 0.3 is 0 Å². The van der Waals surface area contributed by atoms with Gasteiger partial charge in [-0.05, 0) is 11.6 Å². The van der Waals surface area contributed by atoms with Crippen molar-refractivity contribution >= 4 is 17.5 Å². The van der Waals surface area contributed by atoms with E-state index in [2.05, 4.69) is 0 Å². The molecular weight excluding hydrogens is 208 g/mol. The van der Waals surface area contributed by atoms with Crippen molar-refractivity contribution in [3.63, 3.8) is 0 Å². The molecule has 1 rings (SSSR count). The fourth-order valence-electron chi connectivity index (χ4n) is 1.09. The summed E-state index contributed by atoms with van der Waals surface area (Å²) in [6.07, 6.45) is 0. The van der Waals surface area contributed by atoms with Crippen LogP contribution in [0.15, 0.2) is 29.2 Å². The van der Waals surface area contributed by atoms with Crippen LogP contribution in [0.4, 0.5) is 0 Å². The van der Waals surface area contributed by atoms with Gasteiger partial charge < -0.3 is 5.11 Å². The molecular formula is C12H16O2S. The normalized spacial score (nSPS) is 10.7. The number of carbonyl (C=O) groups is 1. The lowest BCUT2D eigenvalue weighted by molar-refractivity contribution is -0.119. The molecule has 0 fully saturated rings. The molecule has 82 valence electrons. The number of Topliss-reactive ketones (excluding diaryl/α,β-unsaturated/α-hetero) is 1. The van der Waals surface area contributed by atoms with E-state index in [9.17, 15) is 4.79 Å². The van der Waals surface area contributed by atoms with Crippen molar-refractivity contribution in [2.75, 3.05) is 5.75 Å². The highest BCUT2D eigenvalue weighted by Crippen LogP contribution is 2.23. The van der Waals surface area contributed by atoms with E-state index in [0.717, 1.165) is 10.5 Å². The summed E-state index contributed by atoms with van der Waals surface area (Å²) in [6.45, 7) is 3.83. The standard InChI is InChI=1S/C12H16O2S/c1-9(2)11(14)8-15-12-6-4-3-5-10(12)7-13/h3-6,9,13H,7-8H2,1-2H3. The Morgan fingerprint density at radius 1 is 1.40 bits per heavy atom. The molecule has 0 bridgehead atoms. The van der Waals surface area contributed by atoms with Crippen molar-refractivity contribution in [3.8, 4) is 0 Å². The Balaban J connectivity index is 2.61. The van der Waals surface area contributed by atoms with Crippen LogP contribution in [-0.4, -0.2) is 16.6 Å². The Kier molecular flexibility index (Phi) is 4.85. The molecule has 0 aliphatic carbocycles. The average molecular weight is 224 g/mol. The highest BCUT2D eigenvalue weighted by Gasteiger charge is 2.09. The van der Waals surface area contributed by atoms with Crippen LogP contribution in [0.3, 0.4) is 0 Å². The van der Waals surface area contributed by atoms with Gasteiger partial charge in [0.05, 0.1) is 12.4 Å². The molecule has 0 saturated heterocycles. The zero-order valence-electron chi connectivity index (χ0n) is 9.06. The third-order valence-electron chi connectivity index (χ3n) is 2.16. The number of aliphatic hydroxyl groups is 1. The molecule has 1 N–H and O–H groups in total. The molecule has 15 heavy (non-hydrogen) atoms. The van der Waals surface area contributed by atoms with Gasteiger partial charge in [-0.1, -0.05) is 32.0 Å². The van der Waals surface area contributed by atoms with Crippen LogP contribution in [0.1, 0.15) is 19.4 Å². The number of aliphatic hydroxyl groups excluding tert-OH is 1. The van der Waals surface area contributed by atoms with Crippen LogP contribution < -0.4 is 0 Å². The third kappa shape index (κ3) is 3.68. The van der Waals surface area contributed by atoms with Gasteiger partial charge in [-0.2, -0.15) is 0 Å². The largest absolute Gasteiger partial charge is 0.392 e. The van der Waals surface area contributed by atoms with E-state index in [4.69, 9.17) is 5.11 Å². The molecule has 3 heteroatoms. The van der Waals surface area contributed by atoms with Gasteiger partial charge in [-0.3, -0.25) is 4.79 Å². The van der Waals surface area contributed by atoms with E-state index in [1.807, 2.05) is 38.1 Å². The SMILES string of the molecule is CC(C)C(=O)CSc1ccccc1CO. The Hall–Kier alpha value is -0.800. The molecule has 2 nitrogen and oxygen atoms in total. The molecule has 0 heterocycles. The average Bonchev–Trinajstić information content (AvgIpc) is 2.26. The first kappa shape index (κ1) is 12.3. The van der Waals surface area contributed by atoms with Gasteiger partial charge in [0.1, 0.15) is 5.78 Å². The zero-order valence-corrected chi connectivity index (χ0v) is 9.88. The first-order chi connectivity index (χ1) is 7.15. The lowest BCUT2D eigenvalue weighted by Gasteiger charge is -2.07. The van der Waals surface area contributed by atoms with Gasteiger partial charge in [0, 0.05) is 10.8 Å². The first-order valence-corrected chi connectivity index (χ1v) is 5.98. The lowest BCUT2D eigenvalue weighted by Crippen LogP contribution is -2.09. The number of thioether (sulfide) groups is 1. The van der Waals surface area contributed by atoms with Gasteiger partial charge in [0.15, 0.2) is 0 Å². The smallest absolute Gasteiger partial charge is 0.145 e. The molecule has 0 spiro atoms. The maximum absolute atomic E-state index is 11.4. The molecule has 0 amide bonds. The maximum atomic E-state index is 11.4. The van der Waals surface area contributed by atoms with E-state index >= 15 is 0 Å². The van der Waals surface area contributed by atoms with Gasteiger partial charge in [-0.15, -0.1) is 11.8 Å². The number of hydrogen-bond donors (Lipinski definition) is 1. The number of carbonyl (C=O) groups excluding carboxylic acids is 1. The minimum atomic E-state index is 0.0268. The van der Waals surface area contributed by atoms with Crippen LogP contribution in [0, 0.1) is 5.92 Å². The molecule has 1 aromatic carbocycles. The zero-order chi connectivity index (χ0) is 11.3. The van der Waals surface area contributed by atoms with Gasteiger partial charge in [0.2, 0.25) is 0 Å². The van der Waals surface area contributed by atoms with Crippen molar-refractivity contribution in [2.45, 2.75) is 25.3 Å². The summed E-state index contributed by atoms with van der Waals surface area (Å²) < 4.78 is 0. The number of rotatable bonds is 5. The lowest BCUT2D eigenvalue weighted by atomic mass is 10.1. The summed E-state index contributed by atoms with van der Waals surface area (Å²) in [7, 11) is 0. The predicted molar refractivity (Wildman–Crippen MR) is 62.9 cm³/mol. The van der Waals surface area contributed by atoms with E-state index in [-0.39, 0.29) is 18.3 Å². The first-order valence-electron chi connectivity index (χ1n) is 4.99. The fraction of sp³-hybridized carbons (Fsp3) is 0.417. The molecule has 0 aliphatic heterocycles. The summed E-state index contributed by atoms with van der Waals surface area (Å²) in [6, 6.07) is 7.62. The van der Waals surface area contributed by atoms with Crippen molar-refractivity contribution in [3.05, 3.63) is 29.8 Å². The Morgan fingerprint density at radius 2 is 2.07 bits per heavy atom. The second-order valence-corrected chi connectivity index (χ2v) is 4.69. The van der Waals surface area contributed by atoms with Crippen LogP contribution in [0.25, 0.3) is 0 Å². The van der Waals surface area contributed by atoms with Crippen molar-refractivity contribution < 1.29 is 9.90 Å². The number of benzene rings is 1. The van der Waals surface area contributed by atoms with Crippen molar-refractivity contribution in [1.29, 1.82) is 0 Å². The van der Waals surface area contributed by atoms with E-state index in [0.29, 0.717) is 5.75 Å². The quantitative estimate of drug-likeness (QED) is 0.781. The van der Waals surface area contributed by atoms with Gasteiger partial charge in [-0.25, -0.2) is 0 Å². The second-order valence-electron chi connectivity index (χ2n) is 3.68. The topological polar surface area (TPSA) is 37.3 Å². The fourth-order valence-corrected chi connectivity index (χ4v) is 2.21. The molecule has 0 aliphatic rings. The van der Waals surface area contributed by atoms with Crippen molar-refractivity contribution in [2.24, 2.45) is 5.92 Å². The minimum absolute atomic E-state index is 0.0268. The highest BCUT2D eigenvalue weighted by atomic mass is 32.2. The maximum Gasteiger partial charge on any atom is 0.145 e. The van der Waals surface area contributed by atoms with Gasteiger partial charge in [0.25, 0.3) is 0 Å². The van der Waals surface area contributed by atoms with E-state index < -0.39 is 0 Å². The monoisotopic (exact) mass is 224 g/mol. The molecule has 0 radical (unpaired) electrons. The summed E-state index contributed by atoms with van der Waals surface area (Å²) in [5.41, 5.74) is 0.888. The Bertz CT molecular complexity index is 334. The van der Waals surface area contributed by atoms with Crippen LogP contribution in [-0.2, 0) is 11.4 Å². The Morgan fingerprint density at radius 3 is 2.67 bits per heavy atom. The molecule has 1 aromatic rings. The number of hydrogen-bond acceptors (Lipinski definition) is 3. The van der Waals surface area contributed by atoms with Crippen LogP contribution in [0.5, 0.6) is 0 Å².